The Morgan fingerprint density at radius 2 is 2.24 bits per heavy atom. The molecule has 2 rings (SSSR count). The Labute approximate surface area is 107 Å². The van der Waals surface area contributed by atoms with Gasteiger partial charge in [0.2, 0.25) is 0 Å². The molecular formula is C13H25NO2S. The van der Waals surface area contributed by atoms with E-state index in [2.05, 4.69) is 12.2 Å². The van der Waals surface area contributed by atoms with Crippen molar-refractivity contribution in [2.24, 2.45) is 5.41 Å². The zero-order valence-electron chi connectivity index (χ0n) is 11.0. The van der Waals surface area contributed by atoms with E-state index in [0.717, 1.165) is 25.3 Å². The van der Waals surface area contributed by atoms with Crippen LogP contribution >= 0.6 is 0 Å². The molecule has 3 atom stereocenters. The zero-order valence-corrected chi connectivity index (χ0v) is 11.9. The molecule has 1 N–H and O–H groups in total. The highest BCUT2D eigenvalue weighted by Crippen LogP contribution is 2.57. The van der Waals surface area contributed by atoms with Gasteiger partial charge < -0.3 is 10.1 Å². The maximum atomic E-state index is 11.0. The van der Waals surface area contributed by atoms with Gasteiger partial charge in [0.15, 0.2) is 0 Å². The molecule has 2 aliphatic rings. The smallest absolute Gasteiger partial charge is 0.0661 e. The lowest BCUT2D eigenvalue weighted by atomic mass is 9.51. The summed E-state index contributed by atoms with van der Waals surface area (Å²) in [5.74, 6) is 0.821. The van der Waals surface area contributed by atoms with E-state index in [-0.39, 0.29) is 0 Å². The maximum absolute atomic E-state index is 11.0. The molecular weight excluding hydrogens is 234 g/mol. The van der Waals surface area contributed by atoms with Crippen LogP contribution in [0.2, 0.25) is 0 Å². The predicted molar refractivity (Wildman–Crippen MR) is 71.7 cm³/mol. The Balaban J connectivity index is 1.70. The van der Waals surface area contributed by atoms with Gasteiger partial charge in [0.1, 0.15) is 0 Å². The molecule has 0 aromatic rings. The van der Waals surface area contributed by atoms with E-state index in [1.54, 1.807) is 6.26 Å². The van der Waals surface area contributed by atoms with Crippen LogP contribution in [0.5, 0.6) is 0 Å². The van der Waals surface area contributed by atoms with Crippen molar-refractivity contribution in [3.8, 4) is 0 Å². The van der Waals surface area contributed by atoms with Crippen molar-refractivity contribution in [3.63, 3.8) is 0 Å². The Kier molecular flexibility index (Phi) is 4.61. The van der Waals surface area contributed by atoms with Crippen LogP contribution in [0.15, 0.2) is 0 Å². The van der Waals surface area contributed by atoms with Gasteiger partial charge in [-0.05, 0) is 39.2 Å². The molecule has 0 amide bonds. The van der Waals surface area contributed by atoms with Crippen molar-refractivity contribution in [1.29, 1.82) is 0 Å². The first kappa shape index (κ1) is 13.5. The van der Waals surface area contributed by atoms with Crippen molar-refractivity contribution in [1.82, 2.24) is 5.32 Å². The van der Waals surface area contributed by atoms with E-state index in [1.165, 1.54) is 25.7 Å². The number of rotatable bonds is 7. The van der Waals surface area contributed by atoms with E-state index in [4.69, 9.17) is 4.74 Å². The fraction of sp³-hybridized carbons (Fsp3) is 1.00. The van der Waals surface area contributed by atoms with Crippen molar-refractivity contribution >= 4 is 10.8 Å². The monoisotopic (exact) mass is 259 g/mol. The lowest BCUT2D eigenvalue weighted by molar-refractivity contribution is -0.172. The van der Waals surface area contributed by atoms with Gasteiger partial charge in [-0.2, -0.15) is 0 Å². The summed E-state index contributed by atoms with van der Waals surface area (Å²) in [5, 5.41) is 3.64. The largest absolute Gasteiger partial charge is 0.378 e. The topological polar surface area (TPSA) is 38.3 Å². The number of ether oxygens (including phenoxy) is 1. The van der Waals surface area contributed by atoms with E-state index in [1.807, 2.05) is 0 Å². The summed E-state index contributed by atoms with van der Waals surface area (Å²) in [7, 11) is -0.646. The molecule has 3 unspecified atom stereocenters. The highest BCUT2D eigenvalue weighted by atomic mass is 32.2. The van der Waals surface area contributed by atoms with Crippen LogP contribution in [0.25, 0.3) is 0 Å². The van der Waals surface area contributed by atoms with Crippen LogP contribution in [-0.2, 0) is 15.5 Å². The third-order valence-electron chi connectivity index (χ3n) is 4.44. The molecule has 100 valence electrons. The molecule has 0 aromatic carbocycles. The third-order valence-corrected chi connectivity index (χ3v) is 5.30. The van der Waals surface area contributed by atoms with Crippen molar-refractivity contribution < 1.29 is 8.95 Å². The van der Waals surface area contributed by atoms with Crippen molar-refractivity contribution in [2.75, 3.05) is 25.2 Å². The van der Waals surface area contributed by atoms with Crippen LogP contribution in [0.4, 0.5) is 0 Å². The van der Waals surface area contributed by atoms with Gasteiger partial charge in [0, 0.05) is 40.9 Å². The first-order valence-electron chi connectivity index (χ1n) is 6.84. The summed E-state index contributed by atoms with van der Waals surface area (Å²) < 4.78 is 16.8. The first-order valence-corrected chi connectivity index (χ1v) is 8.57. The van der Waals surface area contributed by atoms with Crippen molar-refractivity contribution in [2.45, 2.75) is 51.2 Å². The summed E-state index contributed by atoms with van der Waals surface area (Å²) in [6, 6.07) is 0.651. The minimum Gasteiger partial charge on any atom is -0.378 e. The van der Waals surface area contributed by atoms with E-state index in [9.17, 15) is 4.21 Å². The van der Waals surface area contributed by atoms with Crippen LogP contribution in [0.3, 0.4) is 0 Å². The molecule has 0 aromatic heterocycles. The summed E-state index contributed by atoms with van der Waals surface area (Å²) in [5.41, 5.74) is 0.460. The molecule has 2 fully saturated rings. The first-order chi connectivity index (χ1) is 8.19. The Hall–Kier alpha value is 0.0700. The molecule has 0 radical (unpaired) electrons. The molecule has 2 saturated carbocycles. The lowest BCUT2D eigenvalue weighted by Crippen LogP contribution is -2.67. The SMILES string of the molecule is CCOC1CC(NCCCS(C)=O)C12CCC2. The molecule has 0 saturated heterocycles. The molecule has 0 aliphatic heterocycles. The highest BCUT2D eigenvalue weighted by molar-refractivity contribution is 7.84. The predicted octanol–water partition coefficient (Wildman–Crippen LogP) is 1.69. The molecule has 3 nitrogen and oxygen atoms in total. The third kappa shape index (κ3) is 2.74. The highest BCUT2D eigenvalue weighted by Gasteiger charge is 2.58. The van der Waals surface area contributed by atoms with E-state index in [0.29, 0.717) is 17.6 Å². The standard InChI is InChI=1S/C13H25NO2S/c1-3-16-12-10-11(13(12)6-4-7-13)14-8-5-9-17(2)15/h11-12,14H,3-10H2,1-2H3. The summed E-state index contributed by atoms with van der Waals surface area (Å²) in [4.78, 5) is 0. The quantitative estimate of drug-likeness (QED) is 0.707. The second-order valence-electron chi connectivity index (χ2n) is 5.40. The van der Waals surface area contributed by atoms with Crippen LogP contribution in [-0.4, -0.2) is 41.5 Å². The van der Waals surface area contributed by atoms with Gasteiger partial charge >= 0.3 is 0 Å². The van der Waals surface area contributed by atoms with Crippen LogP contribution in [0.1, 0.15) is 39.0 Å². The van der Waals surface area contributed by atoms with E-state index >= 15 is 0 Å². The summed E-state index contributed by atoms with van der Waals surface area (Å²) >= 11 is 0. The normalized spacial score (nSPS) is 31.9. The second-order valence-corrected chi connectivity index (χ2v) is 6.96. The molecule has 0 bridgehead atoms. The minimum absolute atomic E-state index is 0.460. The fourth-order valence-corrected chi connectivity index (χ4v) is 3.83. The zero-order chi connectivity index (χ0) is 12.3. The molecule has 1 spiro atoms. The molecule has 17 heavy (non-hydrogen) atoms. The molecule has 4 heteroatoms. The van der Waals surface area contributed by atoms with Crippen LogP contribution in [0, 0.1) is 5.41 Å². The van der Waals surface area contributed by atoms with Gasteiger partial charge in [-0.1, -0.05) is 6.42 Å². The van der Waals surface area contributed by atoms with Gasteiger partial charge in [0.05, 0.1) is 6.10 Å². The number of hydrogen-bond donors (Lipinski definition) is 1. The fourth-order valence-electron chi connectivity index (χ4n) is 3.28. The summed E-state index contributed by atoms with van der Waals surface area (Å²) in [6.07, 6.45) is 8.49. The Morgan fingerprint density at radius 3 is 2.76 bits per heavy atom. The van der Waals surface area contributed by atoms with Gasteiger partial charge in [-0.3, -0.25) is 4.21 Å². The van der Waals surface area contributed by atoms with Crippen molar-refractivity contribution in [3.05, 3.63) is 0 Å². The average Bonchev–Trinajstić information content (AvgIpc) is 2.18. The maximum Gasteiger partial charge on any atom is 0.0661 e. The van der Waals surface area contributed by atoms with Crippen LogP contribution < -0.4 is 5.32 Å². The van der Waals surface area contributed by atoms with Gasteiger partial charge in [-0.25, -0.2) is 0 Å². The Bertz CT molecular complexity index is 279. The molecule has 2 aliphatic carbocycles. The number of hydrogen-bond acceptors (Lipinski definition) is 3. The lowest BCUT2D eigenvalue weighted by Gasteiger charge is -2.61. The Morgan fingerprint density at radius 1 is 1.47 bits per heavy atom. The number of nitrogens with one attached hydrogen (secondary N) is 1. The van der Waals surface area contributed by atoms with Gasteiger partial charge in [0.25, 0.3) is 0 Å². The minimum atomic E-state index is -0.646. The summed E-state index contributed by atoms with van der Waals surface area (Å²) in [6.45, 7) is 3.93. The van der Waals surface area contributed by atoms with Gasteiger partial charge in [-0.15, -0.1) is 0 Å². The molecule has 0 heterocycles. The van der Waals surface area contributed by atoms with E-state index < -0.39 is 10.8 Å². The average molecular weight is 259 g/mol. The second kappa shape index (κ2) is 5.81.